The summed E-state index contributed by atoms with van der Waals surface area (Å²) in [6.07, 6.45) is 1.28. The zero-order valence-corrected chi connectivity index (χ0v) is 11.3. The number of alkyl halides is 2. The first-order valence-corrected chi connectivity index (χ1v) is 6.32. The Kier molecular flexibility index (Phi) is 3.78. The van der Waals surface area contributed by atoms with Gasteiger partial charge in [0.1, 0.15) is 0 Å². The molecule has 0 spiro atoms. The zero-order valence-electron chi connectivity index (χ0n) is 11.3. The van der Waals surface area contributed by atoms with E-state index in [4.69, 9.17) is 9.84 Å². The summed E-state index contributed by atoms with van der Waals surface area (Å²) in [6.45, 7) is 1.17. The number of aryl methyl sites for hydroxylation is 1. The lowest BCUT2D eigenvalue weighted by Crippen LogP contribution is -2.56. The largest absolute Gasteiger partial charge is 0.494 e. The summed E-state index contributed by atoms with van der Waals surface area (Å²) in [5.41, 5.74) is 0.854. The van der Waals surface area contributed by atoms with Gasteiger partial charge in [0, 0.05) is 6.07 Å². The molecule has 0 atom stereocenters. The molecular formula is C13H16F2N2O3. The number of rotatable bonds is 5. The zero-order chi connectivity index (χ0) is 14.9. The fourth-order valence-corrected chi connectivity index (χ4v) is 2.21. The van der Waals surface area contributed by atoms with E-state index in [9.17, 15) is 13.6 Å². The third-order valence-corrected chi connectivity index (χ3v) is 3.14. The van der Waals surface area contributed by atoms with Gasteiger partial charge < -0.3 is 14.7 Å². The van der Waals surface area contributed by atoms with Crippen LogP contribution in [0, 0.1) is 0 Å². The number of carboxylic acid groups (broad SMARTS) is 1. The van der Waals surface area contributed by atoms with E-state index in [2.05, 4.69) is 4.98 Å². The summed E-state index contributed by atoms with van der Waals surface area (Å²) in [5, 5.41) is 9.10. The van der Waals surface area contributed by atoms with Crippen molar-refractivity contribution >= 4 is 11.7 Å². The van der Waals surface area contributed by atoms with Gasteiger partial charge in [0.25, 0.3) is 5.92 Å². The monoisotopic (exact) mass is 286 g/mol. The fraction of sp³-hybridized carbons (Fsp3) is 0.538. The third-order valence-electron chi connectivity index (χ3n) is 3.14. The quantitative estimate of drug-likeness (QED) is 0.899. The van der Waals surface area contributed by atoms with Crippen molar-refractivity contribution in [2.75, 3.05) is 25.1 Å². The Labute approximate surface area is 115 Å². The summed E-state index contributed by atoms with van der Waals surface area (Å²) >= 11 is 0. The van der Waals surface area contributed by atoms with Crippen LogP contribution in [-0.2, 0) is 6.42 Å². The van der Waals surface area contributed by atoms with Crippen LogP contribution in [0.4, 0.5) is 14.5 Å². The number of nitrogens with zero attached hydrogens (tertiary/aromatic N) is 2. The Morgan fingerprint density at radius 1 is 1.55 bits per heavy atom. The van der Waals surface area contributed by atoms with E-state index >= 15 is 0 Å². The number of halogens is 2. The number of aromatic carboxylic acids is 1. The van der Waals surface area contributed by atoms with E-state index in [1.165, 1.54) is 18.1 Å². The van der Waals surface area contributed by atoms with E-state index in [-0.39, 0.29) is 24.5 Å². The predicted octanol–water partition coefficient (Wildman–Crippen LogP) is 2.20. The molecular weight excluding hydrogens is 270 g/mol. The molecule has 0 unspecified atom stereocenters. The molecule has 1 fully saturated rings. The van der Waals surface area contributed by atoms with Crippen LogP contribution in [-0.4, -0.2) is 42.2 Å². The first kappa shape index (κ1) is 14.5. The maximum atomic E-state index is 13.0. The van der Waals surface area contributed by atoms with Crippen LogP contribution >= 0.6 is 0 Å². The van der Waals surface area contributed by atoms with E-state index < -0.39 is 11.9 Å². The topological polar surface area (TPSA) is 62.7 Å². The Hall–Kier alpha value is -1.92. The highest BCUT2D eigenvalue weighted by molar-refractivity contribution is 5.89. The Morgan fingerprint density at radius 3 is 2.65 bits per heavy atom. The van der Waals surface area contributed by atoms with Crippen LogP contribution in [0.3, 0.4) is 0 Å². The molecule has 1 saturated heterocycles. The van der Waals surface area contributed by atoms with Crippen LogP contribution in [0.2, 0.25) is 0 Å². The molecule has 2 heterocycles. The summed E-state index contributed by atoms with van der Waals surface area (Å²) in [5.74, 6) is -3.80. The molecule has 20 heavy (non-hydrogen) atoms. The van der Waals surface area contributed by atoms with Crippen molar-refractivity contribution in [1.82, 2.24) is 4.98 Å². The van der Waals surface area contributed by atoms with E-state index in [0.29, 0.717) is 17.8 Å². The normalized spacial score (nSPS) is 16.7. The lowest BCUT2D eigenvalue weighted by atomic mass is 10.1. The van der Waals surface area contributed by atoms with Crippen LogP contribution in [0.5, 0.6) is 5.75 Å². The third kappa shape index (κ3) is 2.66. The lowest BCUT2D eigenvalue weighted by Gasteiger charge is -2.41. The minimum atomic E-state index is -2.69. The van der Waals surface area contributed by atoms with Gasteiger partial charge in [-0.1, -0.05) is 13.3 Å². The first-order chi connectivity index (χ1) is 9.38. The van der Waals surface area contributed by atoms with Crippen molar-refractivity contribution in [1.29, 1.82) is 0 Å². The van der Waals surface area contributed by atoms with Crippen LogP contribution < -0.4 is 9.64 Å². The standard InChI is InChI=1S/C13H16F2N2O3/c1-3-4-8-9(17-6-13(14,15)7-17)5-10(20-2)11(16-8)12(18)19/h5H,3-4,6-7H2,1-2H3,(H,18,19). The summed E-state index contributed by atoms with van der Waals surface area (Å²) in [7, 11) is 1.33. The molecule has 0 aromatic carbocycles. The number of hydrogen-bond acceptors (Lipinski definition) is 4. The van der Waals surface area contributed by atoms with Gasteiger partial charge in [-0.15, -0.1) is 0 Å². The summed E-state index contributed by atoms with van der Waals surface area (Å²) in [4.78, 5) is 16.7. The van der Waals surface area contributed by atoms with Gasteiger partial charge in [-0.2, -0.15) is 0 Å². The average Bonchev–Trinajstić information content (AvgIpc) is 2.35. The Bertz CT molecular complexity index is 527. The average molecular weight is 286 g/mol. The number of carboxylic acids is 1. The highest BCUT2D eigenvalue weighted by Crippen LogP contribution is 2.36. The van der Waals surface area contributed by atoms with Gasteiger partial charge in [-0.3, -0.25) is 0 Å². The molecule has 5 nitrogen and oxygen atoms in total. The molecule has 1 aromatic rings. The van der Waals surface area contributed by atoms with E-state index in [1.54, 1.807) is 0 Å². The van der Waals surface area contributed by atoms with Gasteiger partial charge in [0.15, 0.2) is 11.4 Å². The fourth-order valence-electron chi connectivity index (χ4n) is 2.21. The number of ether oxygens (including phenoxy) is 1. The first-order valence-electron chi connectivity index (χ1n) is 6.32. The molecule has 1 aliphatic heterocycles. The molecule has 2 rings (SSSR count). The molecule has 110 valence electrons. The van der Waals surface area contributed by atoms with Gasteiger partial charge in [-0.25, -0.2) is 18.6 Å². The smallest absolute Gasteiger partial charge is 0.358 e. The summed E-state index contributed by atoms with van der Waals surface area (Å²) < 4.78 is 31.0. The lowest BCUT2D eigenvalue weighted by molar-refractivity contribution is -0.0264. The minimum absolute atomic E-state index is 0.0857. The minimum Gasteiger partial charge on any atom is -0.494 e. The summed E-state index contributed by atoms with van der Waals surface area (Å²) in [6, 6.07) is 1.48. The van der Waals surface area contributed by atoms with Crippen LogP contribution in [0.1, 0.15) is 29.5 Å². The van der Waals surface area contributed by atoms with Gasteiger partial charge in [-0.05, 0) is 6.42 Å². The number of anilines is 1. The molecule has 0 bridgehead atoms. The van der Waals surface area contributed by atoms with Gasteiger partial charge in [0.2, 0.25) is 0 Å². The second-order valence-corrected chi connectivity index (χ2v) is 4.77. The van der Waals surface area contributed by atoms with Crippen molar-refractivity contribution in [3.63, 3.8) is 0 Å². The predicted molar refractivity (Wildman–Crippen MR) is 68.9 cm³/mol. The molecule has 1 N–H and O–H groups in total. The molecule has 0 amide bonds. The van der Waals surface area contributed by atoms with Crippen molar-refractivity contribution < 1.29 is 23.4 Å². The number of aromatic nitrogens is 1. The van der Waals surface area contributed by atoms with Gasteiger partial charge >= 0.3 is 5.97 Å². The maximum absolute atomic E-state index is 13.0. The highest BCUT2D eigenvalue weighted by atomic mass is 19.3. The second-order valence-electron chi connectivity index (χ2n) is 4.77. The number of pyridine rings is 1. The molecule has 1 aromatic heterocycles. The number of methoxy groups -OCH3 is 1. The molecule has 7 heteroatoms. The van der Waals surface area contributed by atoms with Crippen LogP contribution in [0.25, 0.3) is 0 Å². The van der Waals surface area contributed by atoms with Crippen molar-refractivity contribution in [2.45, 2.75) is 25.7 Å². The highest BCUT2D eigenvalue weighted by Gasteiger charge is 2.45. The molecule has 0 radical (unpaired) electrons. The molecule has 0 aliphatic carbocycles. The van der Waals surface area contributed by atoms with Gasteiger partial charge in [0.05, 0.1) is 31.6 Å². The Morgan fingerprint density at radius 2 is 2.20 bits per heavy atom. The SMILES string of the molecule is CCCc1nc(C(=O)O)c(OC)cc1N1CC(F)(F)C1. The van der Waals surface area contributed by atoms with Crippen molar-refractivity contribution in [3.8, 4) is 5.75 Å². The van der Waals surface area contributed by atoms with Crippen LogP contribution in [0.15, 0.2) is 6.07 Å². The van der Waals surface area contributed by atoms with E-state index in [0.717, 1.165) is 6.42 Å². The maximum Gasteiger partial charge on any atom is 0.358 e. The van der Waals surface area contributed by atoms with E-state index in [1.807, 2.05) is 6.92 Å². The Balaban J connectivity index is 2.41. The second kappa shape index (κ2) is 5.22. The van der Waals surface area contributed by atoms with Crippen molar-refractivity contribution in [2.24, 2.45) is 0 Å². The number of hydrogen-bond donors (Lipinski definition) is 1. The number of carbonyl (C=O) groups is 1. The van der Waals surface area contributed by atoms with Crippen molar-refractivity contribution in [3.05, 3.63) is 17.5 Å². The molecule has 1 aliphatic rings. The molecule has 0 saturated carbocycles.